The van der Waals surface area contributed by atoms with Gasteiger partial charge in [0, 0.05) is 36.7 Å². The molecule has 1 atom stereocenters. The summed E-state index contributed by atoms with van der Waals surface area (Å²) < 4.78 is 26.5. The number of amides is 3. The van der Waals surface area contributed by atoms with Gasteiger partial charge < -0.3 is 5.32 Å². The van der Waals surface area contributed by atoms with Crippen LogP contribution in [0.3, 0.4) is 0 Å². The predicted molar refractivity (Wildman–Crippen MR) is 118 cm³/mol. The number of hydrogen-bond donors (Lipinski definition) is 3. The first kappa shape index (κ1) is 23.4. The van der Waals surface area contributed by atoms with Crippen molar-refractivity contribution in [3.63, 3.8) is 0 Å². The normalized spacial score (nSPS) is 15.0. The maximum atomic E-state index is 12.5. The third-order valence-electron chi connectivity index (χ3n) is 5.04. The molecule has 1 aliphatic rings. The van der Waals surface area contributed by atoms with Crippen LogP contribution in [-0.4, -0.2) is 49.6 Å². The number of benzene rings is 2. The molecule has 3 rings (SSSR count). The predicted octanol–water partition coefficient (Wildman–Crippen LogP) is 1.44. The second kappa shape index (κ2) is 10.4. The second-order valence-electron chi connectivity index (χ2n) is 7.58. The molecule has 1 fully saturated rings. The summed E-state index contributed by atoms with van der Waals surface area (Å²) >= 11 is 0. The Bertz CT molecular complexity index is 1070. The van der Waals surface area contributed by atoms with Gasteiger partial charge in [0.15, 0.2) is 0 Å². The fraction of sp³-hybridized carbons (Fsp3) is 0.318. The summed E-state index contributed by atoms with van der Waals surface area (Å²) in [6.45, 7) is 2.68. The topological polar surface area (TPSA) is 125 Å². The van der Waals surface area contributed by atoms with E-state index in [-0.39, 0.29) is 22.8 Å². The molecule has 0 bridgehead atoms. The number of carbonyl (C=O) groups excluding carboxylic acids is 3. The Labute approximate surface area is 187 Å². The van der Waals surface area contributed by atoms with Crippen molar-refractivity contribution in [3.05, 3.63) is 65.7 Å². The molecule has 10 heteroatoms. The zero-order valence-electron chi connectivity index (χ0n) is 17.7. The van der Waals surface area contributed by atoms with E-state index in [1.165, 1.54) is 28.6 Å². The van der Waals surface area contributed by atoms with Gasteiger partial charge in [-0.15, -0.1) is 0 Å². The summed E-state index contributed by atoms with van der Waals surface area (Å²) in [5.41, 5.74) is 5.28. The van der Waals surface area contributed by atoms with Gasteiger partial charge in [-0.1, -0.05) is 18.2 Å². The molecule has 1 unspecified atom stereocenters. The highest BCUT2D eigenvalue weighted by Crippen LogP contribution is 2.21. The SMILES string of the molecule is CC(CC(=O)NNC(=O)c1ccc(S(=O)(=O)N2CCCC2)cc1)NC(=O)c1ccccc1. The largest absolute Gasteiger partial charge is 0.349 e. The molecule has 0 spiro atoms. The smallest absolute Gasteiger partial charge is 0.269 e. The third-order valence-corrected chi connectivity index (χ3v) is 6.95. The summed E-state index contributed by atoms with van der Waals surface area (Å²) in [6.07, 6.45) is 1.65. The van der Waals surface area contributed by atoms with Gasteiger partial charge in [0.05, 0.1) is 4.90 Å². The summed E-state index contributed by atoms with van der Waals surface area (Å²) in [5.74, 6) is -1.35. The van der Waals surface area contributed by atoms with Gasteiger partial charge >= 0.3 is 0 Å². The Kier molecular flexibility index (Phi) is 7.60. The third kappa shape index (κ3) is 5.92. The van der Waals surface area contributed by atoms with E-state index < -0.39 is 27.9 Å². The number of carbonyl (C=O) groups is 3. The fourth-order valence-electron chi connectivity index (χ4n) is 3.33. The maximum Gasteiger partial charge on any atom is 0.269 e. The molecule has 1 saturated heterocycles. The summed E-state index contributed by atoms with van der Waals surface area (Å²) in [5, 5.41) is 2.72. The van der Waals surface area contributed by atoms with Crippen LogP contribution in [0.5, 0.6) is 0 Å². The molecule has 2 aromatic carbocycles. The van der Waals surface area contributed by atoms with Crippen LogP contribution in [-0.2, 0) is 14.8 Å². The van der Waals surface area contributed by atoms with Crippen LogP contribution < -0.4 is 16.2 Å². The summed E-state index contributed by atoms with van der Waals surface area (Å²) in [7, 11) is -3.55. The number of hydrazine groups is 1. The minimum atomic E-state index is -3.55. The molecular formula is C22H26N4O5S. The summed E-state index contributed by atoms with van der Waals surface area (Å²) in [4.78, 5) is 36.6. The molecule has 0 aromatic heterocycles. The van der Waals surface area contributed by atoms with Crippen molar-refractivity contribution >= 4 is 27.7 Å². The van der Waals surface area contributed by atoms with Crippen LogP contribution in [0.2, 0.25) is 0 Å². The monoisotopic (exact) mass is 458 g/mol. The van der Waals surface area contributed by atoms with Crippen molar-refractivity contribution in [2.24, 2.45) is 0 Å². The Morgan fingerprint density at radius 2 is 1.47 bits per heavy atom. The Balaban J connectivity index is 1.47. The first-order valence-electron chi connectivity index (χ1n) is 10.3. The van der Waals surface area contributed by atoms with E-state index >= 15 is 0 Å². The first-order valence-corrected chi connectivity index (χ1v) is 11.8. The number of nitrogens with one attached hydrogen (secondary N) is 3. The molecule has 32 heavy (non-hydrogen) atoms. The lowest BCUT2D eigenvalue weighted by Crippen LogP contribution is -2.44. The number of sulfonamides is 1. The average Bonchev–Trinajstić information content (AvgIpc) is 3.34. The van der Waals surface area contributed by atoms with Gasteiger partial charge in [0.25, 0.3) is 11.8 Å². The van der Waals surface area contributed by atoms with Crippen LogP contribution in [0.25, 0.3) is 0 Å². The highest BCUT2D eigenvalue weighted by Gasteiger charge is 2.27. The molecule has 0 saturated carbocycles. The van der Waals surface area contributed by atoms with Crippen molar-refractivity contribution < 1.29 is 22.8 Å². The van der Waals surface area contributed by atoms with E-state index in [4.69, 9.17) is 0 Å². The Morgan fingerprint density at radius 3 is 2.09 bits per heavy atom. The van der Waals surface area contributed by atoms with Gasteiger partial charge in [-0.3, -0.25) is 25.2 Å². The molecule has 1 heterocycles. The highest BCUT2D eigenvalue weighted by molar-refractivity contribution is 7.89. The molecule has 0 radical (unpaired) electrons. The highest BCUT2D eigenvalue weighted by atomic mass is 32.2. The van der Waals surface area contributed by atoms with E-state index in [0.717, 1.165) is 12.8 Å². The van der Waals surface area contributed by atoms with Crippen molar-refractivity contribution in [2.75, 3.05) is 13.1 Å². The lowest BCUT2D eigenvalue weighted by atomic mass is 10.1. The van der Waals surface area contributed by atoms with Gasteiger partial charge in [0.1, 0.15) is 0 Å². The maximum absolute atomic E-state index is 12.5. The van der Waals surface area contributed by atoms with E-state index in [0.29, 0.717) is 18.7 Å². The van der Waals surface area contributed by atoms with E-state index in [1.54, 1.807) is 37.3 Å². The van der Waals surface area contributed by atoms with Crippen molar-refractivity contribution in [1.82, 2.24) is 20.5 Å². The van der Waals surface area contributed by atoms with E-state index in [2.05, 4.69) is 16.2 Å². The molecule has 1 aliphatic heterocycles. The van der Waals surface area contributed by atoms with Crippen molar-refractivity contribution in [2.45, 2.75) is 37.1 Å². The van der Waals surface area contributed by atoms with E-state index in [9.17, 15) is 22.8 Å². The average molecular weight is 459 g/mol. The molecule has 3 amide bonds. The lowest BCUT2D eigenvalue weighted by molar-refractivity contribution is -0.122. The van der Waals surface area contributed by atoms with E-state index in [1.807, 2.05) is 0 Å². The number of nitrogens with zero attached hydrogens (tertiary/aromatic N) is 1. The van der Waals surface area contributed by atoms with Gasteiger partial charge in [-0.2, -0.15) is 4.31 Å². The van der Waals surface area contributed by atoms with Crippen molar-refractivity contribution in [1.29, 1.82) is 0 Å². The molecule has 170 valence electrons. The van der Waals surface area contributed by atoms with Crippen LogP contribution in [0.1, 0.15) is 46.9 Å². The molecular weight excluding hydrogens is 432 g/mol. The molecule has 9 nitrogen and oxygen atoms in total. The standard InChI is InChI=1S/C22H26N4O5S/c1-16(23-21(28)17-7-3-2-4-8-17)15-20(27)24-25-22(29)18-9-11-19(12-10-18)32(30,31)26-13-5-6-14-26/h2-4,7-12,16H,5-6,13-15H2,1H3,(H,23,28)(H,24,27)(H,25,29). The van der Waals surface area contributed by atoms with Crippen molar-refractivity contribution in [3.8, 4) is 0 Å². The first-order chi connectivity index (χ1) is 15.3. The minimum absolute atomic E-state index is 0.0358. The number of hydrogen-bond acceptors (Lipinski definition) is 5. The fourth-order valence-corrected chi connectivity index (χ4v) is 4.85. The molecule has 0 aliphatic carbocycles. The zero-order valence-corrected chi connectivity index (χ0v) is 18.5. The van der Waals surface area contributed by atoms with Crippen LogP contribution in [0.4, 0.5) is 0 Å². The lowest BCUT2D eigenvalue weighted by Gasteiger charge is -2.16. The minimum Gasteiger partial charge on any atom is -0.349 e. The quantitative estimate of drug-likeness (QED) is 0.542. The van der Waals surface area contributed by atoms with Crippen LogP contribution in [0, 0.1) is 0 Å². The van der Waals surface area contributed by atoms with Gasteiger partial charge in [-0.25, -0.2) is 8.42 Å². The van der Waals surface area contributed by atoms with Crippen LogP contribution >= 0.6 is 0 Å². The summed E-state index contributed by atoms with van der Waals surface area (Å²) in [6, 6.07) is 13.7. The van der Waals surface area contributed by atoms with Crippen LogP contribution in [0.15, 0.2) is 59.5 Å². The van der Waals surface area contributed by atoms with Gasteiger partial charge in [-0.05, 0) is 56.2 Å². The number of rotatable bonds is 7. The Morgan fingerprint density at radius 1 is 0.875 bits per heavy atom. The Hall–Kier alpha value is -3.24. The molecule has 2 aromatic rings. The second-order valence-corrected chi connectivity index (χ2v) is 9.52. The zero-order chi connectivity index (χ0) is 23.1. The molecule has 3 N–H and O–H groups in total. The van der Waals surface area contributed by atoms with Gasteiger partial charge in [0.2, 0.25) is 15.9 Å².